The Balaban J connectivity index is 1.83. The Kier molecular flexibility index (Phi) is 3.62. The lowest BCUT2D eigenvalue weighted by molar-refractivity contribution is 0.415. The first-order valence-electron chi connectivity index (χ1n) is 6.46. The van der Waals surface area contributed by atoms with Crippen LogP contribution in [0.3, 0.4) is 0 Å². The van der Waals surface area contributed by atoms with Crippen LogP contribution in [0.2, 0.25) is 0 Å². The normalized spacial score (nSPS) is 10.6. The van der Waals surface area contributed by atoms with E-state index < -0.39 is 0 Å². The molecular formula is C15H15N3O2S. The zero-order chi connectivity index (χ0) is 14.8. The highest BCUT2D eigenvalue weighted by atomic mass is 32.1. The Labute approximate surface area is 126 Å². The fraction of sp³-hybridized carbons (Fsp3) is 0.200. The number of aromatic nitrogens is 2. The molecule has 0 atom stereocenters. The number of ether oxygens (including phenoxy) is 1. The number of anilines is 2. The third kappa shape index (κ3) is 2.90. The fourth-order valence-electron chi connectivity index (χ4n) is 2.03. The second kappa shape index (κ2) is 5.57. The second-order valence-electron chi connectivity index (χ2n) is 4.54. The molecule has 6 heteroatoms. The zero-order valence-corrected chi connectivity index (χ0v) is 12.8. The summed E-state index contributed by atoms with van der Waals surface area (Å²) in [4.78, 5) is 8.80. The summed E-state index contributed by atoms with van der Waals surface area (Å²) in [6.07, 6.45) is 0. The first-order valence-corrected chi connectivity index (χ1v) is 7.34. The summed E-state index contributed by atoms with van der Waals surface area (Å²) in [6, 6.07) is 7.72. The van der Waals surface area contributed by atoms with Crippen LogP contribution in [-0.2, 0) is 0 Å². The molecular weight excluding hydrogens is 286 g/mol. The molecule has 1 N–H and O–H groups in total. The molecule has 0 aliphatic rings. The summed E-state index contributed by atoms with van der Waals surface area (Å²) in [5.41, 5.74) is 2.58. The molecule has 108 valence electrons. The van der Waals surface area contributed by atoms with Gasteiger partial charge in [-0.3, -0.25) is 0 Å². The van der Waals surface area contributed by atoms with Crippen molar-refractivity contribution in [3.8, 4) is 17.2 Å². The van der Waals surface area contributed by atoms with Gasteiger partial charge in [0.1, 0.15) is 11.4 Å². The van der Waals surface area contributed by atoms with Crippen LogP contribution in [0.15, 0.2) is 34.1 Å². The molecule has 3 aromatic rings. The topological polar surface area (TPSA) is 60.2 Å². The van der Waals surface area contributed by atoms with Crippen LogP contribution in [-0.4, -0.2) is 17.1 Å². The zero-order valence-electron chi connectivity index (χ0n) is 12.0. The minimum absolute atomic E-state index is 0.651. The van der Waals surface area contributed by atoms with Crippen LogP contribution >= 0.6 is 11.3 Å². The van der Waals surface area contributed by atoms with Crippen LogP contribution in [0.25, 0.3) is 11.5 Å². The number of oxazole rings is 1. The molecule has 5 nitrogen and oxygen atoms in total. The van der Waals surface area contributed by atoms with Crippen molar-refractivity contribution in [2.75, 3.05) is 12.4 Å². The third-order valence-electron chi connectivity index (χ3n) is 2.96. The Morgan fingerprint density at radius 2 is 2.10 bits per heavy atom. The lowest BCUT2D eigenvalue weighted by Gasteiger charge is -2.04. The summed E-state index contributed by atoms with van der Waals surface area (Å²) < 4.78 is 10.8. The van der Waals surface area contributed by atoms with Crippen molar-refractivity contribution in [2.45, 2.75) is 13.8 Å². The second-order valence-corrected chi connectivity index (χ2v) is 5.40. The maximum absolute atomic E-state index is 5.59. The van der Waals surface area contributed by atoms with E-state index in [-0.39, 0.29) is 0 Å². The van der Waals surface area contributed by atoms with E-state index >= 15 is 0 Å². The van der Waals surface area contributed by atoms with E-state index in [1.807, 2.05) is 43.5 Å². The van der Waals surface area contributed by atoms with Crippen molar-refractivity contribution >= 4 is 22.2 Å². The standard InChI is InChI=1S/C15H15N3O2S/c1-9-14(20-10(2)16-9)13-8-21-15(18-13)17-11-5-4-6-12(7-11)19-3/h4-8H,1-3H3,(H,17,18). The molecule has 1 aromatic carbocycles. The smallest absolute Gasteiger partial charge is 0.192 e. The highest BCUT2D eigenvalue weighted by Crippen LogP contribution is 2.30. The molecule has 0 amide bonds. The van der Waals surface area contributed by atoms with Crippen LogP contribution in [0.1, 0.15) is 11.6 Å². The summed E-state index contributed by atoms with van der Waals surface area (Å²) >= 11 is 1.52. The molecule has 0 fully saturated rings. The van der Waals surface area contributed by atoms with Gasteiger partial charge in [-0.05, 0) is 19.1 Å². The number of hydrogen-bond donors (Lipinski definition) is 1. The lowest BCUT2D eigenvalue weighted by atomic mass is 10.3. The van der Waals surface area contributed by atoms with Gasteiger partial charge in [-0.25, -0.2) is 9.97 Å². The van der Waals surface area contributed by atoms with E-state index in [0.717, 1.165) is 33.7 Å². The lowest BCUT2D eigenvalue weighted by Crippen LogP contribution is -1.91. The molecule has 0 radical (unpaired) electrons. The number of rotatable bonds is 4. The summed E-state index contributed by atoms with van der Waals surface area (Å²) in [6.45, 7) is 3.75. The van der Waals surface area contributed by atoms with Gasteiger partial charge in [-0.2, -0.15) is 0 Å². The number of nitrogens with zero attached hydrogens (tertiary/aromatic N) is 2. The van der Waals surface area contributed by atoms with Gasteiger partial charge in [0, 0.05) is 24.1 Å². The van der Waals surface area contributed by atoms with Gasteiger partial charge in [-0.15, -0.1) is 11.3 Å². The number of benzene rings is 1. The minimum Gasteiger partial charge on any atom is -0.497 e. The van der Waals surface area contributed by atoms with Crippen LogP contribution in [0, 0.1) is 13.8 Å². The summed E-state index contributed by atoms with van der Waals surface area (Å²) in [7, 11) is 1.65. The number of thiazole rings is 1. The third-order valence-corrected chi connectivity index (χ3v) is 3.72. The monoisotopic (exact) mass is 301 g/mol. The molecule has 21 heavy (non-hydrogen) atoms. The molecule has 0 unspecified atom stereocenters. The van der Waals surface area contributed by atoms with Gasteiger partial charge in [-0.1, -0.05) is 6.07 Å². The van der Waals surface area contributed by atoms with Crippen molar-refractivity contribution < 1.29 is 9.15 Å². The largest absolute Gasteiger partial charge is 0.497 e. The molecule has 0 spiro atoms. The van der Waals surface area contributed by atoms with Crippen molar-refractivity contribution in [3.05, 3.63) is 41.2 Å². The van der Waals surface area contributed by atoms with E-state index in [1.54, 1.807) is 7.11 Å². The molecule has 2 heterocycles. The Morgan fingerprint density at radius 3 is 2.81 bits per heavy atom. The molecule has 0 aliphatic heterocycles. The van der Waals surface area contributed by atoms with Crippen molar-refractivity contribution in [2.24, 2.45) is 0 Å². The predicted molar refractivity (Wildman–Crippen MR) is 83.4 cm³/mol. The van der Waals surface area contributed by atoms with Crippen molar-refractivity contribution in [1.29, 1.82) is 0 Å². The first-order chi connectivity index (χ1) is 10.2. The number of nitrogens with one attached hydrogen (secondary N) is 1. The van der Waals surface area contributed by atoms with E-state index in [0.29, 0.717) is 5.89 Å². The van der Waals surface area contributed by atoms with E-state index in [4.69, 9.17) is 9.15 Å². The average molecular weight is 301 g/mol. The van der Waals surface area contributed by atoms with E-state index in [9.17, 15) is 0 Å². The Bertz CT molecular complexity index is 764. The molecule has 3 rings (SSSR count). The Hall–Kier alpha value is -2.34. The van der Waals surface area contributed by atoms with Crippen LogP contribution in [0.5, 0.6) is 5.75 Å². The van der Waals surface area contributed by atoms with Crippen LogP contribution in [0.4, 0.5) is 10.8 Å². The van der Waals surface area contributed by atoms with Gasteiger partial charge in [0.2, 0.25) is 0 Å². The molecule has 0 bridgehead atoms. The van der Waals surface area contributed by atoms with E-state index in [1.165, 1.54) is 11.3 Å². The molecule has 2 aromatic heterocycles. The highest BCUT2D eigenvalue weighted by molar-refractivity contribution is 7.14. The summed E-state index contributed by atoms with van der Waals surface area (Å²) in [5, 5.41) is 6.01. The van der Waals surface area contributed by atoms with Gasteiger partial charge in [0.25, 0.3) is 0 Å². The minimum atomic E-state index is 0.651. The van der Waals surface area contributed by atoms with Gasteiger partial charge in [0.15, 0.2) is 16.8 Å². The maximum atomic E-state index is 5.59. The highest BCUT2D eigenvalue weighted by Gasteiger charge is 2.13. The maximum Gasteiger partial charge on any atom is 0.192 e. The number of hydrogen-bond acceptors (Lipinski definition) is 6. The number of methoxy groups -OCH3 is 1. The quantitative estimate of drug-likeness (QED) is 0.783. The van der Waals surface area contributed by atoms with E-state index in [2.05, 4.69) is 15.3 Å². The van der Waals surface area contributed by atoms with Gasteiger partial charge < -0.3 is 14.5 Å². The molecule has 0 aliphatic carbocycles. The SMILES string of the molecule is COc1cccc(Nc2nc(-c3oc(C)nc3C)cs2)c1. The average Bonchev–Trinajstić information content (AvgIpc) is 3.05. The van der Waals surface area contributed by atoms with Crippen molar-refractivity contribution in [1.82, 2.24) is 9.97 Å². The van der Waals surface area contributed by atoms with Crippen LogP contribution < -0.4 is 10.1 Å². The predicted octanol–water partition coefficient (Wildman–Crippen LogP) is 4.17. The van der Waals surface area contributed by atoms with Crippen molar-refractivity contribution in [3.63, 3.8) is 0 Å². The Morgan fingerprint density at radius 1 is 1.24 bits per heavy atom. The number of aryl methyl sites for hydroxylation is 2. The van der Waals surface area contributed by atoms with Gasteiger partial charge >= 0.3 is 0 Å². The van der Waals surface area contributed by atoms with Gasteiger partial charge in [0.05, 0.1) is 12.8 Å². The summed E-state index contributed by atoms with van der Waals surface area (Å²) in [5.74, 6) is 2.18. The molecule has 0 saturated carbocycles. The first kappa shape index (κ1) is 13.6. The molecule has 0 saturated heterocycles. The fourth-order valence-corrected chi connectivity index (χ4v) is 2.74.